The van der Waals surface area contributed by atoms with E-state index in [1.54, 1.807) is 0 Å². The normalized spacial score (nSPS) is 27.2. The van der Waals surface area contributed by atoms with E-state index >= 15 is 0 Å². The molecule has 1 fully saturated rings. The fourth-order valence-electron chi connectivity index (χ4n) is 2.69. The Balaban J connectivity index is 0.000000963. The minimum Gasteiger partial charge on any atom is -0.316 e. The molecule has 0 spiro atoms. The first kappa shape index (κ1) is 11.6. The number of aryl methyl sites for hydroxylation is 1. The molecule has 3 rings (SSSR count). The van der Waals surface area contributed by atoms with E-state index < -0.39 is 0 Å². The summed E-state index contributed by atoms with van der Waals surface area (Å²) in [5.74, 6) is 1.57. The highest BCUT2D eigenvalue weighted by molar-refractivity contribution is 5.85. The van der Waals surface area contributed by atoms with Gasteiger partial charge in [0, 0.05) is 12.2 Å². The number of nitrogens with zero attached hydrogens (tertiary/aromatic N) is 1. The first-order valence-electron chi connectivity index (χ1n) is 5.68. The fraction of sp³-hybridized carbons (Fsp3) is 0.462. The van der Waals surface area contributed by atoms with E-state index in [1.807, 2.05) is 0 Å². The zero-order valence-corrected chi connectivity index (χ0v) is 10.3. The van der Waals surface area contributed by atoms with E-state index in [1.165, 1.54) is 24.2 Å². The van der Waals surface area contributed by atoms with E-state index in [2.05, 4.69) is 41.5 Å². The van der Waals surface area contributed by atoms with Crippen molar-refractivity contribution in [1.29, 1.82) is 0 Å². The maximum Gasteiger partial charge on any atom is 0.0661 e. The van der Waals surface area contributed by atoms with E-state index in [4.69, 9.17) is 0 Å². The number of fused-ring (bicyclic) bond motifs is 1. The van der Waals surface area contributed by atoms with Crippen molar-refractivity contribution in [3.8, 4) is 0 Å². The van der Waals surface area contributed by atoms with Gasteiger partial charge < -0.3 is 5.32 Å². The van der Waals surface area contributed by atoms with Crippen LogP contribution in [0.25, 0.3) is 5.57 Å². The second kappa shape index (κ2) is 4.56. The van der Waals surface area contributed by atoms with E-state index in [9.17, 15) is 0 Å². The number of aromatic nitrogens is 1. The standard InChI is InChI=1S/C13H16N2.ClH/c1-9-3-2-4-13(15-9)10-5-11-7-14-8-12(11)6-10;/h2-5,11-12,14H,6-8H2,1H3;1H. The summed E-state index contributed by atoms with van der Waals surface area (Å²) >= 11 is 0. The van der Waals surface area contributed by atoms with Crippen LogP contribution in [0.1, 0.15) is 17.8 Å². The smallest absolute Gasteiger partial charge is 0.0661 e. The van der Waals surface area contributed by atoms with Gasteiger partial charge in [0.2, 0.25) is 0 Å². The molecule has 0 aromatic carbocycles. The van der Waals surface area contributed by atoms with Crippen LogP contribution in [0.3, 0.4) is 0 Å². The molecule has 2 heterocycles. The molecule has 1 saturated heterocycles. The third kappa shape index (κ3) is 2.00. The van der Waals surface area contributed by atoms with Gasteiger partial charge in [-0.3, -0.25) is 4.98 Å². The highest BCUT2D eigenvalue weighted by Gasteiger charge is 2.32. The average molecular weight is 237 g/mol. The molecule has 16 heavy (non-hydrogen) atoms. The molecule has 0 saturated carbocycles. The highest BCUT2D eigenvalue weighted by Crippen LogP contribution is 2.37. The molecule has 1 aromatic rings. The summed E-state index contributed by atoms with van der Waals surface area (Å²) in [5, 5.41) is 3.44. The van der Waals surface area contributed by atoms with Crippen molar-refractivity contribution < 1.29 is 0 Å². The summed E-state index contributed by atoms with van der Waals surface area (Å²) in [6.45, 7) is 4.39. The fourth-order valence-corrected chi connectivity index (χ4v) is 2.69. The zero-order valence-electron chi connectivity index (χ0n) is 9.44. The molecule has 86 valence electrons. The molecule has 2 unspecified atom stereocenters. The van der Waals surface area contributed by atoms with Gasteiger partial charge in [-0.1, -0.05) is 12.1 Å². The zero-order chi connectivity index (χ0) is 10.3. The van der Waals surface area contributed by atoms with E-state index in [0.717, 1.165) is 24.1 Å². The van der Waals surface area contributed by atoms with Crippen LogP contribution in [0.4, 0.5) is 0 Å². The lowest BCUT2D eigenvalue weighted by atomic mass is 9.99. The van der Waals surface area contributed by atoms with E-state index in [0.29, 0.717) is 0 Å². The maximum atomic E-state index is 4.59. The summed E-state index contributed by atoms with van der Waals surface area (Å²) in [5.41, 5.74) is 3.75. The molecule has 0 amide bonds. The Labute approximate surface area is 103 Å². The number of allylic oxidation sites excluding steroid dienone is 1. The number of nitrogens with one attached hydrogen (secondary N) is 1. The minimum absolute atomic E-state index is 0. The molecule has 0 radical (unpaired) electrons. The molecule has 2 atom stereocenters. The van der Waals surface area contributed by atoms with Gasteiger partial charge in [-0.15, -0.1) is 12.4 Å². The topological polar surface area (TPSA) is 24.9 Å². The monoisotopic (exact) mass is 236 g/mol. The first-order valence-corrected chi connectivity index (χ1v) is 5.68. The van der Waals surface area contributed by atoms with Crippen LogP contribution in [0.15, 0.2) is 24.3 Å². The van der Waals surface area contributed by atoms with Crippen LogP contribution in [0, 0.1) is 18.8 Å². The Morgan fingerprint density at radius 2 is 2.19 bits per heavy atom. The third-order valence-electron chi connectivity index (χ3n) is 3.51. The summed E-state index contributed by atoms with van der Waals surface area (Å²) in [6, 6.07) is 6.29. The predicted octanol–water partition coefficient (Wildman–Crippen LogP) is 2.43. The maximum absolute atomic E-state index is 4.59. The van der Waals surface area contributed by atoms with Crippen molar-refractivity contribution >= 4 is 18.0 Å². The van der Waals surface area contributed by atoms with Crippen LogP contribution in [-0.4, -0.2) is 18.1 Å². The van der Waals surface area contributed by atoms with Crippen LogP contribution >= 0.6 is 12.4 Å². The molecule has 1 aromatic heterocycles. The van der Waals surface area contributed by atoms with Crippen LogP contribution < -0.4 is 5.32 Å². The van der Waals surface area contributed by atoms with Crippen molar-refractivity contribution in [2.24, 2.45) is 11.8 Å². The van der Waals surface area contributed by atoms with Gasteiger partial charge in [0.05, 0.1) is 5.69 Å². The molecular formula is C13H17ClN2. The number of hydrogen-bond donors (Lipinski definition) is 1. The molecule has 2 nitrogen and oxygen atoms in total. The lowest BCUT2D eigenvalue weighted by Crippen LogP contribution is -2.09. The number of rotatable bonds is 1. The largest absolute Gasteiger partial charge is 0.316 e. The lowest BCUT2D eigenvalue weighted by molar-refractivity contribution is 0.536. The van der Waals surface area contributed by atoms with Gasteiger partial charge in [0.15, 0.2) is 0 Å². The Hall–Kier alpha value is -0.860. The van der Waals surface area contributed by atoms with Crippen molar-refractivity contribution in [2.45, 2.75) is 13.3 Å². The number of pyridine rings is 1. The Morgan fingerprint density at radius 1 is 1.31 bits per heavy atom. The molecule has 1 aliphatic carbocycles. The van der Waals surface area contributed by atoms with Gasteiger partial charge >= 0.3 is 0 Å². The van der Waals surface area contributed by atoms with Gasteiger partial charge in [-0.2, -0.15) is 0 Å². The Kier molecular flexibility index (Phi) is 3.31. The van der Waals surface area contributed by atoms with Gasteiger partial charge in [-0.25, -0.2) is 0 Å². The highest BCUT2D eigenvalue weighted by atomic mass is 35.5. The first-order chi connectivity index (χ1) is 7.33. The predicted molar refractivity (Wildman–Crippen MR) is 68.7 cm³/mol. The summed E-state index contributed by atoms with van der Waals surface area (Å²) in [4.78, 5) is 4.59. The van der Waals surface area contributed by atoms with Gasteiger partial charge in [0.1, 0.15) is 0 Å². The van der Waals surface area contributed by atoms with Crippen molar-refractivity contribution in [2.75, 3.05) is 13.1 Å². The Morgan fingerprint density at radius 3 is 2.94 bits per heavy atom. The quantitative estimate of drug-likeness (QED) is 0.810. The SMILES string of the molecule is Cc1cccc(C2=CC3CNCC3C2)n1.Cl. The van der Waals surface area contributed by atoms with Gasteiger partial charge in [0.25, 0.3) is 0 Å². The Bertz CT molecular complexity index is 414. The molecule has 2 aliphatic rings. The third-order valence-corrected chi connectivity index (χ3v) is 3.51. The molecular weight excluding hydrogens is 220 g/mol. The summed E-state index contributed by atoms with van der Waals surface area (Å²) in [7, 11) is 0. The molecule has 0 bridgehead atoms. The van der Waals surface area contributed by atoms with Gasteiger partial charge in [-0.05, 0) is 49.4 Å². The summed E-state index contributed by atoms with van der Waals surface area (Å²) in [6.07, 6.45) is 3.63. The van der Waals surface area contributed by atoms with Crippen LogP contribution in [0.5, 0.6) is 0 Å². The minimum atomic E-state index is 0. The second-order valence-corrected chi connectivity index (χ2v) is 4.64. The van der Waals surface area contributed by atoms with Crippen LogP contribution in [0.2, 0.25) is 0 Å². The molecule has 1 aliphatic heterocycles. The molecule has 3 heteroatoms. The number of hydrogen-bond acceptors (Lipinski definition) is 2. The van der Waals surface area contributed by atoms with Crippen molar-refractivity contribution in [3.05, 3.63) is 35.7 Å². The van der Waals surface area contributed by atoms with Crippen molar-refractivity contribution in [1.82, 2.24) is 10.3 Å². The van der Waals surface area contributed by atoms with E-state index in [-0.39, 0.29) is 12.4 Å². The van der Waals surface area contributed by atoms with Crippen LogP contribution in [-0.2, 0) is 0 Å². The summed E-state index contributed by atoms with van der Waals surface area (Å²) < 4.78 is 0. The van der Waals surface area contributed by atoms with Crippen molar-refractivity contribution in [3.63, 3.8) is 0 Å². The number of halogens is 1. The second-order valence-electron chi connectivity index (χ2n) is 4.64. The average Bonchev–Trinajstić information content (AvgIpc) is 2.76. The lowest BCUT2D eigenvalue weighted by Gasteiger charge is -2.06. The molecule has 1 N–H and O–H groups in total.